The van der Waals surface area contributed by atoms with Gasteiger partial charge < -0.3 is 15.0 Å². The summed E-state index contributed by atoms with van der Waals surface area (Å²) in [5, 5.41) is 3.65. The van der Waals surface area contributed by atoms with E-state index in [0.717, 1.165) is 24.0 Å². The van der Waals surface area contributed by atoms with Gasteiger partial charge in [-0.25, -0.2) is 14.8 Å². The number of carbonyl (C=O) groups is 1. The molecule has 1 N–H and O–H groups in total. The molecule has 1 fully saturated rings. The molecule has 0 saturated carbocycles. The quantitative estimate of drug-likeness (QED) is 0.658. The van der Waals surface area contributed by atoms with Crippen LogP contribution in [0.25, 0.3) is 0 Å². The molecular formula is C23H23ClN4O2. The van der Waals surface area contributed by atoms with Crippen molar-refractivity contribution in [2.45, 2.75) is 25.0 Å². The Morgan fingerprint density at radius 2 is 1.63 bits per heavy atom. The molecule has 6 nitrogen and oxygen atoms in total. The highest BCUT2D eigenvalue weighted by atomic mass is 35.5. The number of piperidine rings is 1. The number of nitrogens with zero attached hydrogens (tertiary/aromatic N) is 3. The summed E-state index contributed by atoms with van der Waals surface area (Å²) in [4.78, 5) is 23.1. The number of likely N-dealkylation sites (tertiary alicyclic amines) is 1. The summed E-state index contributed by atoms with van der Waals surface area (Å²) in [6.45, 7) is 1.16. The van der Waals surface area contributed by atoms with Gasteiger partial charge in [0.1, 0.15) is 6.10 Å². The Hall–Kier alpha value is -3.12. The van der Waals surface area contributed by atoms with E-state index >= 15 is 0 Å². The topological polar surface area (TPSA) is 67.4 Å². The van der Waals surface area contributed by atoms with Crippen LogP contribution < -0.4 is 10.1 Å². The van der Waals surface area contributed by atoms with Crippen LogP contribution in [0.5, 0.6) is 6.01 Å². The fourth-order valence-corrected chi connectivity index (χ4v) is 3.69. The van der Waals surface area contributed by atoms with Crippen molar-refractivity contribution in [3.8, 4) is 6.01 Å². The fraction of sp³-hybridized carbons (Fsp3) is 0.261. The monoisotopic (exact) mass is 422 g/mol. The minimum atomic E-state index is -0.221. The van der Waals surface area contributed by atoms with Crippen LogP contribution in [0.15, 0.2) is 73.1 Å². The van der Waals surface area contributed by atoms with Gasteiger partial charge in [-0.2, -0.15) is 0 Å². The SMILES string of the molecule is O=C(NC(c1ccccc1)c1ccccc1)N1CCCC(Oc2ncc(Cl)cn2)C1. The van der Waals surface area contributed by atoms with E-state index in [1.54, 1.807) is 4.90 Å². The fourth-order valence-electron chi connectivity index (χ4n) is 3.59. The Morgan fingerprint density at radius 3 is 2.23 bits per heavy atom. The maximum atomic E-state index is 13.1. The van der Waals surface area contributed by atoms with E-state index < -0.39 is 0 Å². The van der Waals surface area contributed by atoms with Crippen LogP contribution in [0.3, 0.4) is 0 Å². The van der Waals surface area contributed by atoms with Crippen LogP contribution in [0, 0.1) is 0 Å². The summed E-state index contributed by atoms with van der Waals surface area (Å²) in [5.74, 6) is 0. The maximum absolute atomic E-state index is 13.1. The third kappa shape index (κ3) is 5.07. The normalized spacial score (nSPS) is 16.3. The highest BCUT2D eigenvalue weighted by Crippen LogP contribution is 2.23. The van der Waals surface area contributed by atoms with Crippen LogP contribution in [0.1, 0.15) is 30.0 Å². The number of hydrogen-bond acceptors (Lipinski definition) is 4. The second-order valence-electron chi connectivity index (χ2n) is 7.22. The molecule has 1 saturated heterocycles. The second-order valence-corrected chi connectivity index (χ2v) is 7.65. The van der Waals surface area contributed by atoms with Crippen LogP contribution in [-0.2, 0) is 0 Å². The molecule has 0 bridgehead atoms. The van der Waals surface area contributed by atoms with Crippen molar-refractivity contribution in [1.82, 2.24) is 20.2 Å². The summed E-state index contributed by atoms with van der Waals surface area (Å²) < 4.78 is 5.86. The predicted molar refractivity (Wildman–Crippen MR) is 116 cm³/mol. The number of hydrogen-bond donors (Lipinski definition) is 1. The lowest BCUT2D eigenvalue weighted by Crippen LogP contribution is -2.49. The van der Waals surface area contributed by atoms with Crippen molar-refractivity contribution in [2.24, 2.45) is 0 Å². The molecule has 0 radical (unpaired) electrons. The third-order valence-corrected chi connectivity index (χ3v) is 5.26. The Labute approximate surface area is 180 Å². The van der Waals surface area contributed by atoms with E-state index in [4.69, 9.17) is 16.3 Å². The summed E-state index contributed by atoms with van der Waals surface area (Å²) in [6, 6.07) is 19.9. The number of nitrogens with one attached hydrogen (secondary N) is 1. The summed E-state index contributed by atoms with van der Waals surface area (Å²) in [6.07, 6.45) is 4.55. The molecule has 0 spiro atoms. The molecule has 154 valence electrons. The zero-order valence-corrected chi connectivity index (χ0v) is 17.2. The van der Waals surface area contributed by atoms with Crippen molar-refractivity contribution >= 4 is 17.6 Å². The summed E-state index contributed by atoms with van der Waals surface area (Å²) in [5.41, 5.74) is 2.08. The standard InChI is InChI=1S/C23H23ClN4O2/c24-19-14-25-22(26-15-19)30-20-12-7-13-28(16-20)23(29)27-21(17-8-3-1-4-9-17)18-10-5-2-6-11-18/h1-6,8-11,14-15,20-21H,7,12-13,16H2,(H,27,29). The predicted octanol–water partition coefficient (Wildman–Crippen LogP) is 4.47. The molecule has 2 heterocycles. The van der Waals surface area contributed by atoms with Gasteiger partial charge >= 0.3 is 12.0 Å². The molecule has 1 aromatic heterocycles. The molecule has 2 aromatic carbocycles. The first-order valence-electron chi connectivity index (χ1n) is 9.98. The number of ether oxygens (including phenoxy) is 1. The number of carbonyl (C=O) groups excluding carboxylic acids is 1. The second kappa shape index (κ2) is 9.59. The molecule has 1 aliphatic rings. The van der Waals surface area contributed by atoms with Crippen molar-refractivity contribution in [2.75, 3.05) is 13.1 Å². The van der Waals surface area contributed by atoms with Gasteiger partial charge in [0.25, 0.3) is 0 Å². The largest absolute Gasteiger partial charge is 0.458 e. The molecular weight excluding hydrogens is 400 g/mol. The van der Waals surface area contributed by atoms with Crippen molar-refractivity contribution in [3.63, 3.8) is 0 Å². The Morgan fingerprint density at radius 1 is 1.03 bits per heavy atom. The first-order chi connectivity index (χ1) is 14.7. The van der Waals surface area contributed by atoms with Gasteiger partial charge in [-0.05, 0) is 24.0 Å². The van der Waals surface area contributed by atoms with Crippen molar-refractivity contribution in [1.29, 1.82) is 0 Å². The average molecular weight is 423 g/mol. The van der Waals surface area contributed by atoms with Gasteiger partial charge in [-0.15, -0.1) is 0 Å². The Kier molecular flexibility index (Phi) is 6.44. The van der Waals surface area contributed by atoms with Crippen molar-refractivity contribution < 1.29 is 9.53 Å². The van der Waals surface area contributed by atoms with E-state index in [2.05, 4.69) is 15.3 Å². The average Bonchev–Trinajstić information content (AvgIpc) is 2.80. The molecule has 4 rings (SSSR count). The minimum absolute atomic E-state index is 0.113. The number of benzene rings is 2. The molecule has 2 amide bonds. The van der Waals surface area contributed by atoms with E-state index in [1.807, 2.05) is 60.7 Å². The first kappa shape index (κ1) is 20.2. The smallest absolute Gasteiger partial charge is 0.318 e. The summed E-state index contributed by atoms with van der Waals surface area (Å²) in [7, 11) is 0. The van der Waals surface area contributed by atoms with Crippen LogP contribution in [-0.4, -0.2) is 40.1 Å². The molecule has 1 unspecified atom stereocenters. The van der Waals surface area contributed by atoms with Gasteiger partial charge in [-0.3, -0.25) is 0 Å². The van der Waals surface area contributed by atoms with Gasteiger partial charge in [0.2, 0.25) is 0 Å². The van der Waals surface area contributed by atoms with Crippen LogP contribution >= 0.6 is 11.6 Å². The summed E-state index contributed by atoms with van der Waals surface area (Å²) >= 11 is 5.83. The maximum Gasteiger partial charge on any atom is 0.318 e. The number of amides is 2. The van der Waals surface area contributed by atoms with Gasteiger partial charge in [0.05, 0.1) is 30.0 Å². The molecule has 1 aliphatic heterocycles. The van der Waals surface area contributed by atoms with Gasteiger partial charge in [0.15, 0.2) is 0 Å². The van der Waals surface area contributed by atoms with E-state index in [9.17, 15) is 4.79 Å². The lowest BCUT2D eigenvalue weighted by molar-refractivity contribution is 0.0933. The molecule has 30 heavy (non-hydrogen) atoms. The Bertz CT molecular complexity index is 914. The number of urea groups is 1. The van der Waals surface area contributed by atoms with E-state index in [1.165, 1.54) is 12.4 Å². The lowest BCUT2D eigenvalue weighted by atomic mass is 9.99. The Balaban J connectivity index is 1.45. The van der Waals surface area contributed by atoms with Gasteiger partial charge in [0, 0.05) is 6.54 Å². The van der Waals surface area contributed by atoms with Crippen LogP contribution in [0.4, 0.5) is 4.79 Å². The molecule has 7 heteroatoms. The third-order valence-electron chi connectivity index (χ3n) is 5.07. The first-order valence-corrected chi connectivity index (χ1v) is 10.4. The number of halogens is 1. The molecule has 3 aromatic rings. The molecule has 1 atom stereocenters. The number of aromatic nitrogens is 2. The zero-order chi connectivity index (χ0) is 20.8. The highest BCUT2D eigenvalue weighted by Gasteiger charge is 2.27. The van der Waals surface area contributed by atoms with Crippen molar-refractivity contribution in [3.05, 3.63) is 89.2 Å². The highest BCUT2D eigenvalue weighted by molar-refractivity contribution is 6.30. The lowest BCUT2D eigenvalue weighted by Gasteiger charge is -2.33. The number of rotatable bonds is 5. The van der Waals surface area contributed by atoms with Crippen LogP contribution in [0.2, 0.25) is 5.02 Å². The van der Waals surface area contributed by atoms with Gasteiger partial charge in [-0.1, -0.05) is 72.3 Å². The zero-order valence-electron chi connectivity index (χ0n) is 16.4. The van der Waals surface area contributed by atoms with E-state index in [-0.39, 0.29) is 24.2 Å². The molecule has 0 aliphatic carbocycles. The van der Waals surface area contributed by atoms with E-state index in [0.29, 0.717) is 18.1 Å². The minimum Gasteiger partial charge on any atom is -0.458 e.